The molecule has 23 heavy (non-hydrogen) atoms. The Balaban J connectivity index is 4.44. The highest BCUT2D eigenvalue weighted by Gasteiger charge is 2.20. The van der Waals surface area contributed by atoms with E-state index in [1.54, 1.807) is 0 Å². The standard InChI is InChI=1S/C14H26O9/c1-3-5-13(15)20-8-12(23-14(16)6-4-2)7-19-11(9-21-17)10-22-18/h11-12,17-18H,3-10H2,1-2H3. The lowest BCUT2D eigenvalue weighted by atomic mass is 10.3. The molecule has 0 saturated carbocycles. The largest absolute Gasteiger partial charge is 0.462 e. The molecule has 0 rings (SSSR count). The van der Waals surface area contributed by atoms with E-state index in [1.165, 1.54) is 0 Å². The minimum Gasteiger partial charge on any atom is -0.462 e. The molecule has 0 aromatic carbocycles. The molecule has 0 aliphatic carbocycles. The van der Waals surface area contributed by atoms with Crippen molar-refractivity contribution in [3.63, 3.8) is 0 Å². The van der Waals surface area contributed by atoms with Gasteiger partial charge in [0.2, 0.25) is 0 Å². The van der Waals surface area contributed by atoms with Crippen LogP contribution >= 0.6 is 0 Å². The molecular formula is C14H26O9. The van der Waals surface area contributed by atoms with Crippen molar-refractivity contribution in [2.75, 3.05) is 26.4 Å². The Hall–Kier alpha value is -1.26. The third-order valence-corrected chi connectivity index (χ3v) is 2.68. The summed E-state index contributed by atoms with van der Waals surface area (Å²) in [6.07, 6.45) is 0.220. The summed E-state index contributed by atoms with van der Waals surface area (Å²) in [5.41, 5.74) is 0. The normalized spacial score (nSPS) is 12.2. The molecule has 136 valence electrons. The van der Waals surface area contributed by atoms with Gasteiger partial charge in [-0.25, -0.2) is 9.78 Å². The van der Waals surface area contributed by atoms with Crippen LogP contribution in [0.3, 0.4) is 0 Å². The van der Waals surface area contributed by atoms with Gasteiger partial charge in [0.1, 0.15) is 25.9 Å². The van der Waals surface area contributed by atoms with Crippen LogP contribution in [0.25, 0.3) is 0 Å². The summed E-state index contributed by atoms with van der Waals surface area (Å²) in [4.78, 5) is 30.8. The van der Waals surface area contributed by atoms with Gasteiger partial charge < -0.3 is 14.2 Å². The van der Waals surface area contributed by atoms with E-state index >= 15 is 0 Å². The first-order valence-corrected chi connectivity index (χ1v) is 7.56. The topological polar surface area (TPSA) is 121 Å². The molecule has 0 radical (unpaired) electrons. The van der Waals surface area contributed by atoms with Gasteiger partial charge in [-0.3, -0.25) is 20.1 Å². The lowest BCUT2D eigenvalue weighted by Crippen LogP contribution is -2.34. The molecule has 0 saturated heterocycles. The molecule has 0 aliphatic heterocycles. The van der Waals surface area contributed by atoms with Gasteiger partial charge in [-0.15, -0.1) is 0 Å². The zero-order valence-electron chi connectivity index (χ0n) is 13.6. The Morgan fingerprint density at radius 3 is 1.91 bits per heavy atom. The first-order chi connectivity index (χ1) is 11.1. The van der Waals surface area contributed by atoms with Crippen LogP contribution in [0.4, 0.5) is 0 Å². The van der Waals surface area contributed by atoms with E-state index in [9.17, 15) is 9.59 Å². The number of hydrogen-bond donors (Lipinski definition) is 2. The molecule has 0 amide bonds. The number of hydrogen-bond acceptors (Lipinski definition) is 9. The molecule has 2 N–H and O–H groups in total. The second-order valence-electron chi connectivity index (χ2n) is 4.84. The van der Waals surface area contributed by atoms with Crippen LogP contribution in [0.15, 0.2) is 0 Å². The number of rotatable bonds is 14. The van der Waals surface area contributed by atoms with Crippen molar-refractivity contribution >= 4 is 11.9 Å². The highest BCUT2D eigenvalue weighted by atomic mass is 17.1. The van der Waals surface area contributed by atoms with E-state index in [0.29, 0.717) is 12.8 Å². The van der Waals surface area contributed by atoms with Crippen molar-refractivity contribution in [1.82, 2.24) is 0 Å². The van der Waals surface area contributed by atoms with Crippen LogP contribution in [0.5, 0.6) is 0 Å². The van der Waals surface area contributed by atoms with E-state index in [-0.39, 0.29) is 39.3 Å². The second-order valence-corrected chi connectivity index (χ2v) is 4.84. The van der Waals surface area contributed by atoms with Crippen molar-refractivity contribution in [2.45, 2.75) is 51.7 Å². The molecule has 0 fully saturated rings. The number of ether oxygens (including phenoxy) is 3. The van der Waals surface area contributed by atoms with Gasteiger partial charge in [-0.1, -0.05) is 13.8 Å². The van der Waals surface area contributed by atoms with Gasteiger partial charge in [0, 0.05) is 12.8 Å². The summed E-state index contributed by atoms with van der Waals surface area (Å²) >= 11 is 0. The fourth-order valence-corrected chi connectivity index (χ4v) is 1.58. The monoisotopic (exact) mass is 338 g/mol. The Kier molecular flexibility index (Phi) is 13.6. The van der Waals surface area contributed by atoms with Crippen molar-refractivity contribution < 1.29 is 44.1 Å². The number of carbonyl (C=O) groups is 2. The molecule has 0 heterocycles. The Bertz CT molecular complexity index is 315. The number of carbonyl (C=O) groups excluding carboxylic acids is 2. The van der Waals surface area contributed by atoms with E-state index in [2.05, 4.69) is 9.78 Å². The molecule has 0 spiro atoms. The highest BCUT2D eigenvalue weighted by molar-refractivity contribution is 5.70. The van der Waals surface area contributed by atoms with Crippen LogP contribution in [0.2, 0.25) is 0 Å². The van der Waals surface area contributed by atoms with Crippen LogP contribution in [0, 0.1) is 0 Å². The maximum atomic E-state index is 11.6. The van der Waals surface area contributed by atoms with Crippen LogP contribution < -0.4 is 0 Å². The van der Waals surface area contributed by atoms with Crippen LogP contribution in [-0.2, 0) is 33.6 Å². The van der Waals surface area contributed by atoms with Gasteiger partial charge >= 0.3 is 11.9 Å². The molecular weight excluding hydrogens is 312 g/mol. The van der Waals surface area contributed by atoms with Crippen molar-refractivity contribution in [2.24, 2.45) is 0 Å². The van der Waals surface area contributed by atoms with Gasteiger partial charge in [0.15, 0.2) is 6.10 Å². The minimum atomic E-state index is -0.797. The summed E-state index contributed by atoms with van der Waals surface area (Å²) < 4.78 is 15.5. The quantitative estimate of drug-likeness (QED) is 0.275. The van der Waals surface area contributed by atoms with Crippen molar-refractivity contribution in [3.8, 4) is 0 Å². The smallest absolute Gasteiger partial charge is 0.306 e. The fourth-order valence-electron chi connectivity index (χ4n) is 1.58. The molecule has 0 aliphatic rings. The lowest BCUT2D eigenvalue weighted by molar-refractivity contribution is -0.296. The molecule has 1 atom stereocenters. The van der Waals surface area contributed by atoms with Gasteiger partial charge in [-0.2, -0.15) is 0 Å². The second kappa shape index (κ2) is 14.3. The SMILES string of the molecule is CCCC(=O)OCC(COC(COO)COO)OC(=O)CCC. The average Bonchev–Trinajstić information content (AvgIpc) is 2.50. The summed E-state index contributed by atoms with van der Waals surface area (Å²) in [5.74, 6) is -0.820. The summed E-state index contributed by atoms with van der Waals surface area (Å²) in [5, 5.41) is 16.8. The third kappa shape index (κ3) is 11.9. The molecule has 0 bridgehead atoms. The summed E-state index contributed by atoms with van der Waals surface area (Å²) in [7, 11) is 0. The van der Waals surface area contributed by atoms with E-state index in [0.717, 1.165) is 0 Å². The highest BCUT2D eigenvalue weighted by Crippen LogP contribution is 2.04. The van der Waals surface area contributed by atoms with E-state index in [4.69, 9.17) is 24.7 Å². The average molecular weight is 338 g/mol. The maximum Gasteiger partial charge on any atom is 0.306 e. The number of esters is 2. The molecule has 1 unspecified atom stereocenters. The first-order valence-electron chi connectivity index (χ1n) is 7.56. The van der Waals surface area contributed by atoms with E-state index < -0.39 is 24.1 Å². The van der Waals surface area contributed by atoms with Gasteiger partial charge in [0.05, 0.1) is 6.61 Å². The molecule has 0 aromatic heterocycles. The van der Waals surface area contributed by atoms with Gasteiger partial charge in [-0.05, 0) is 12.8 Å². The Morgan fingerprint density at radius 1 is 0.826 bits per heavy atom. The predicted molar refractivity (Wildman–Crippen MR) is 77.6 cm³/mol. The minimum absolute atomic E-state index is 0.105. The maximum absolute atomic E-state index is 11.6. The fraction of sp³-hybridized carbons (Fsp3) is 0.857. The Labute approximate surface area is 135 Å². The summed E-state index contributed by atoms with van der Waals surface area (Å²) in [6.45, 7) is 2.95. The van der Waals surface area contributed by atoms with Crippen LogP contribution in [0.1, 0.15) is 39.5 Å². The predicted octanol–water partition coefficient (Wildman–Crippen LogP) is 1.41. The van der Waals surface area contributed by atoms with Crippen molar-refractivity contribution in [1.29, 1.82) is 0 Å². The first kappa shape index (κ1) is 21.7. The van der Waals surface area contributed by atoms with Crippen molar-refractivity contribution in [3.05, 3.63) is 0 Å². The zero-order valence-corrected chi connectivity index (χ0v) is 13.6. The molecule has 0 aromatic rings. The zero-order chi connectivity index (χ0) is 17.5. The molecule has 9 nitrogen and oxygen atoms in total. The summed E-state index contributed by atoms with van der Waals surface area (Å²) in [6, 6.07) is 0. The third-order valence-electron chi connectivity index (χ3n) is 2.68. The molecule has 9 heteroatoms. The Morgan fingerprint density at radius 2 is 1.39 bits per heavy atom. The lowest BCUT2D eigenvalue weighted by Gasteiger charge is -2.21. The van der Waals surface area contributed by atoms with E-state index in [1.807, 2.05) is 13.8 Å². The van der Waals surface area contributed by atoms with Crippen LogP contribution in [-0.4, -0.2) is 61.1 Å². The van der Waals surface area contributed by atoms with Gasteiger partial charge in [0.25, 0.3) is 0 Å².